The topological polar surface area (TPSA) is 86.2 Å². The molecule has 4 aromatic rings. The van der Waals surface area contributed by atoms with Crippen molar-refractivity contribution in [2.24, 2.45) is 0 Å². The highest BCUT2D eigenvalue weighted by Gasteiger charge is 2.17. The second-order valence-electron chi connectivity index (χ2n) is 8.00. The van der Waals surface area contributed by atoms with Crippen LogP contribution in [-0.4, -0.2) is 40.1 Å². The third-order valence-electron chi connectivity index (χ3n) is 5.54. The molecule has 1 aliphatic heterocycles. The minimum absolute atomic E-state index is 0.116. The average Bonchev–Trinajstić information content (AvgIpc) is 2.92. The van der Waals surface area contributed by atoms with E-state index >= 15 is 0 Å². The van der Waals surface area contributed by atoms with Crippen LogP contribution in [0.3, 0.4) is 0 Å². The van der Waals surface area contributed by atoms with Crippen molar-refractivity contribution in [2.45, 2.75) is 18.1 Å². The van der Waals surface area contributed by atoms with E-state index in [1.54, 1.807) is 0 Å². The van der Waals surface area contributed by atoms with Gasteiger partial charge in [-0.3, -0.25) is 4.79 Å². The molecule has 176 valence electrons. The molecule has 5 rings (SSSR count). The number of benzene rings is 3. The lowest BCUT2D eigenvalue weighted by molar-refractivity contribution is -0.119. The van der Waals surface area contributed by atoms with Crippen molar-refractivity contribution in [3.63, 3.8) is 0 Å². The number of hydrogen-bond acceptors (Lipinski definition) is 7. The number of nitrogens with zero attached hydrogens (tertiary/aromatic N) is 3. The first-order chi connectivity index (χ1) is 17.2. The Kier molecular flexibility index (Phi) is 6.90. The zero-order valence-corrected chi connectivity index (χ0v) is 20.0. The van der Waals surface area contributed by atoms with Gasteiger partial charge in [0.1, 0.15) is 24.6 Å². The van der Waals surface area contributed by atoms with Gasteiger partial charge in [0.05, 0.1) is 11.8 Å². The Hall–Kier alpha value is -3.91. The van der Waals surface area contributed by atoms with Gasteiger partial charge in [-0.15, -0.1) is 10.2 Å². The van der Waals surface area contributed by atoms with Crippen molar-refractivity contribution in [1.82, 2.24) is 20.5 Å². The summed E-state index contributed by atoms with van der Waals surface area (Å²) in [5, 5.41) is 12.2. The van der Waals surface area contributed by atoms with Gasteiger partial charge < -0.3 is 14.8 Å². The van der Waals surface area contributed by atoms with E-state index in [1.165, 1.54) is 11.8 Å². The summed E-state index contributed by atoms with van der Waals surface area (Å²) in [5.74, 6) is 1.49. The molecule has 0 spiro atoms. The van der Waals surface area contributed by atoms with Gasteiger partial charge in [-0.2, -0.15) is 0 Å². The van der Waals surface area contributed by atoms with Crippen LogP contribution >= 0.6 is 11.8 Å². The highest BCUT2D eigenvalue weighted by Crippen LogP contribution is 2.33. The molecular weight excluding hydrogens is 460 g/mol. The maximum absolute atomic E-state index is 12.7. The summed E-state index contributed by atoms with van der Waals surface area (Å²) in [6, 6.07) is 25.3. The second-order valence-corrected chi connectivity index (χ2v) is 8.95. The molecule has 0 saturated carbocycles. The van der Waals surface area contributed by atoms with Crippen LogP contribution < -0.4 is 14.8 Å². The van der Waals surface area contributed by atoms with E-state index in [-0.39, 0.29) is 17.7 Å². The van der Waals surface area contributed by atoms with E-state index in [4.69, 9.17) is 14.5 Å². The van der Waals surface area contributed by atoms with Crippen LogP contribution in [0.2, 0.25) is 0 Å². The predicted octanol–water partition coefficient (Wildman–Crippen LogP) is 4.95. The molecule has 8 heteroatoms. The van der Waals surface area contributed by atoms with Crippen LogP contribution in [0.5, 0.6) is 11.5 Å². The molecule has 0 aliphatic carbocycles. The van der Waals surface area contributed by atoms with Crippen LogP contribution in [0.1, 0.15) is 18.5 Å². The quantitative estimate of drug-likeness (QED) is 0.372. The summed E-state index contributed by atoms with van der Waals surface area (Å²) >= 11 is 1.26. The van der Waals surface area contributed by atoms with Gasteiger partial charge in [0, 0.05) is 11.1 Å². The van der Waals surface area contributed by atoms with Crippen molar-refractivity contribution in [1.29, 1.82) is 0 Å². The van der Waals surface area contributed by atoms with E-state index < -0.39 is 0 Å². The van der Waals surface area contributed by atoms with Gasteiger partial charge in [-0.05, 0) is 24.6 Å². The van der Waals surface area contributed by atoms with E-state index in [2.05, 4.69) is 15.5 Å². The molecular formula is C27H24N4O3S. The lowest BCUT2D eigenvalue weighted by atomic mass is 10.0. The fourth-order valence-electron chi connectivity index (χ4n) is 3.79. The third-order valence-corrected chi connectivity index (χ3v) is 6.38. The van der Waals surface area contributed by atoms with Gasteiger partial charge >= 0.3 is 0 Å². The summed E-state index contributed by atoms with van der Waals surface area (Å²) in [4.78, 5) is 17.4. The van der Waals surface area contributed by atoms with Gasteiger partial charge in [0.2, 0.25) is 11.1 Å². The first-order valence-electron chi connectivity index (χ1n) is 11.3. The Balaban J connectivity index is 1.28. The number of thioether (sulfide) groups is 1. The zero-order valence-electron chi connectivity index (χ0n) is 19.2. The number of carbonyl (C=O) groups excluding carboxylic acids is 1. The van der Waals surface area contributed by atoms with E-state index in [0.717, 1.165) is 28.1 Å². The highest BCUT2D eigenvalue weighted by molar-refractivity contribution is 7.99. The van der Waals surface area contributed by atoms with Crippen LogP contribution in [0, 0.1) is 0 Å². The smallest absolute Gasteiger partial charge is 0.230 e. The first-order valence-corrected chi connectivity index (χ1v) is 12.3. The Bertz CT molecular complexity index is 1320. The van der Waals surface area contributed by atoms with Crippen molar-refractivity contribution in [3.05, 3.63) is 84.4 Å². The molecule has 7 nitrogen and oxygen atoms in total. The van der Waals surface area contributed by atoms with Crippen molar-refractivity contribution < 1.29 is 14.3 Å². The van der Waals surface area contributed by atoms with Gasteiger partial charge in [0.15, 0.2) is 11.5 Å². The van der Waals surface area contributed by atoms with Crippen LogP contribution in [-0.2, 0) is 4.79 Å². The molecule has 1 amide bonds. The maximum Gasteiger partial charge on any atom is 0.230 e. The Morgan fingerprint density at radius 2 is 1.54 bits per heavy atom. The summed E-state index contributed by atoms with van der Waals surface area (Å²) in [7, 11) is 0. The fraction of sp³-hybridized carbons (Fsp3) is 0.185. The van der Waals surface area contributed by atoms with Gasteiger partial charge in [-0.1, -0.05) is 78.5 Å². The summed E-state index contributed by atoms with van der Waals surface area (Å²) < 4.78 is 11.2. The average molecular weight is 485 g/mol. The Morgan fingerprint density at radius 1 is 0.886 bits per heavy atom. The number of aromatic nitrogens is 3. The molecule has 1 aliphatic rings. The molecule has 35 heavy (non-hydrogen) atoms. The van der Waals surface area contributed by atoms with E-state index in [0.29, 0.717) is 29.8 Å². The third kappa shape index (κ3) is 5.44. The number of nitrogens with one attached hydrogen (secondary N) is 1. The van der Waals surface area contributed by atoms with Crippen LogP contribution in [0.4, 0.5) is 0 Å². The van der Waals surface area contributed by atoms with Gasteiger partial charge in [0.25, 0.3) is 0 Å². The van der Waals surface area contributed by atoms with Crippen molar-refractivity contribution in [3.8, 4) is 34.0 Å². The molecule has 1 atom stereocenters. The number of fused-ring (bicyclic) bond motifs is 1. The minimum atomic E-state index is -0.182. The Labute approximate surface area is 207 Å². The Morgan fingerprint density at radius 3 is 2.26 bits per heavy atom. The zero-order chi connectivity index (χ0) is 24.0. The number of carbonyl (C=O) groups is 1. The first kappa shape index (κ1) is 22.9. The molecule has 0 fully saturated rings. The summed E-state index contributed by atoms with van der Waals surface area (Å²) in [6.45, 7) is 3.01. The molecule has 2 heterocycles. The number of ether oxygens (including phenoxy) is 2. The van der Waals surface area contributed by atoms with Crippen molar-refractivity contribution in [2.75, 3.05) is 19.0 Å². The summed E-state index contributed by atoms with van der Waals surface area (Å²) in [5.41, 5.74) is 4.27. The number of amides is 1. The molecule has 0 unspecified atom stereocenters. The number of hydrogen-bond donors (Lipinski definition) is 1. The van der Waals surface area contributed by atoms with Crippen LogP contribution in [0.25, 0.3) is 22.5 Å². The minimum Gasteiger partial charge on any atom is -0.486 e. The molecule has 0 radical (unpaired) electrons. The largest absolute Gasteiger partial charge is 0.486 e. The second kappa shape index (κ2) is 10.6. The van der Waals surface area contributed by atoms with E-state index in [1.807, 2.05) is 85.8 Å². The maximum atomic E-state index is 12.7. The highest BCUT2D eigenvalue weighted by atomic mass is 32.2. The molecule has 0 saturated heterocycles. The molecule has 3 aromatic carbocycles. The van der Waals surface area contributed by atoms with Gasteiger partial charge in [-0.25, -0.2) is 4.98 Å². The monoisotopic (exact) mass is 484 g/mol. The normalized spacial score (nSPS) is 13.2. The summed E-state index contributed by atoms with van der Waals surface area (Å²) in [6.07, 6.45) is 0. The standard InChI is InChI=1S/C27H24N4O3S/c1-18(21-12-13-22-23(16-21)34-15-14-33-22)28-24(32)17-35-27-29-25(19-8-4-2-5-9-19)26(30-31-27)20-10-6-3-7-11-20/h2-13,16,18H,14-15,17H2,1H3,(H,28,32)/t18-/m1/s1. The van der Waals surface area contributed by atoms with Crippen LogP contribution in [0.15, 0.2) is 84.0 Å². The molecule has 1 N–H and O–H groups in total. The predicted molar refractivity (Wildman–Crippen MR) is 135 cm³/mol. The number of rotatable bonds is 7. The van der Waals surface area contributed by atoms with Crippen molar-refractivity contribution >= 4 is 17.7 Å². The molecule has 1 aromatic heterocycles. The fourth-order valence-corrected chi connectivity index (χ4v) is 4.38. The van der Waals surface area contributed by atoms with E-state index in [9.17, 15) is 4.79 Å². The lowest BCUT2D eigenvalue weighted by Crippen LogP contribution is -2.28. The SMILES string of the molecule is C[C@@H](NC(=O)CSc1nnc(-c2ccccc2)c(-c2ccccc2)n1)c1ccc2c(c1)OCCO2. The molecule has 0 bridgehead atoms. The lowest BCUT2D eigenvalue weighted by Gasteiger charge is -2.21.